The van der Waals surface area contributed by atoms with Gasteiger partial charge in [-0.1, -0.05) is 46.9 Å². The first-order valence-electron chi connectivity index (χ1n) is 10.4. The molecule has 2 aromatic carbocycles. The minimum atomic E-state index is -0.686. The van der Waals surface area contributed by atoms with E-state index in [0.29, 0.717) is 6.42 Å². The van der Waals surface area contributed by atoms with Crippen molar-refractivity contribution in [2.24, 2.45) is 0 Å². The van der Waals surface area contributed by atoms with Crippen LogP contribution in [0.4, 0.5) is 13.6 Å². The van der Waals surface area contributed by atoms with Gasteiger partial charge in [-0.3, -0.25) is 4.79 Å². The SMILES string of the molecule is CC(C)(C)OC(=O)NCC(=O)NCC(CCCI)(c1ccc(F)cc1)c1ccc(F)cc1. The maximum atomic E-state index is 13.6. The van der Waals surface area contributed by atoms with Crippen LogP contribution in [0.15, 0.2) is 48.5 Å². The number of ether oxygens (including phenoxy) is 1. The Balaban J connectivity index is 2.25. The molecule has 0 saturated heterocycles. The molecule has 0 aliphatic heterocycles. The molecule has 0 spiro atoms. The Kier molecular flexibility index (Phi) is 9.42. The van der Waals surface area contributed by atoms with Crippen molar-refractivity contribution >= 4 is 34.6 Å². The number of amides is 2. The van der Waals surface area contributed by atoms with Gasteiger partial charge in [0.15, 0.2) is 0 Å². The third kappa shape index (κ3) is 7.72. The molecule has 0 heterocycles. The smallest absolute Gasteiger partial charge is 0.408 e. The van der Waals surface area contributed by atoms with Crippen molar-refractivity contribution in [1.29, 1.82) is 0 Å². The summed E-state index contributed by atoms with van der Waals surface area (Å²) in [4.78, 5) is 24.3. The monoisotopic (exact) mass is 558 g/mol. The lowest BCUT2D eigenvalue weighted by Gasteiger charge is -2.35. The minimum Gasteiger partial charge on any atom is -0.444 e. The summed E-state index contributed by atoms with van der Waals surface area (Å²) in [5.41, 5.74) is 0.278. The first-order valence-corrected chi connectivity index (χ1v) is 11.9. The number of alkyl carbamates (subject to hydrolysis) is 1. The molecule has 0 fully saturated rings. The van der Waals surface area contributed by atoms with Crippen LogP contribution < -0.4 is 10.6 Å². The van der Waals surface area contributed by atoms with Crippen molar-refractivity contribution in [1.82, 2.24) is 10.6 Å². The van der Waals surface area contributed by atoms with Gasteiger partial charge in [0.25, 0.3) is 0 Å². The number of benzene rings is 2. The molecule has 2 amide bonds. The van der Waals surface area contributed by atoms with Gasteiger partial charge in [-0.25, -0.2) is 13.6 Å². The molecule has 8 heteroatoms. The molecule has 0 unspecified atom stereocenters. The number of hydrogen-bond donors (Lipinski definition) is 2. The third-order valence-corrected chi connectivity index (χ3v) is 5.67. The van der Waals surface area contributed by atoms with E-state index < -0.39 is 17.1 Å². The molecule has 0 aliphatic carbocycles. The zero-order valence-electron chi connectivity index (χ0n) is 18.5. The number of nitrogens with one attached hydrogen (secondary N) is 2. The molecule has 0 atom stereocenters. The van der Waals surface area contributed by atoms with Gasteiger partial charge in [-0.15, -0.1) is 0 Å². The van der Waals surface area contributed by atoms with Crippen LogP contribution in [0.3, 0.4) is 0 Å². The number of carbonyl (C=O) groups excluding carboxylic acids is 2. The molecular weight excluding hydrogens is 529 g/mol. The predicted octanol–water partition coefficient (Wildman–Crippen LogP) is 5.11. The van der Waals surface area contributed by atoms with E-state index in [1.54, 1.807) is 45.0 Å². The van der Waals surface area contributed by atoms with Gasteiger partial charge in [0.2, 0.25) is 5.91 Å². The lowest BCUT2D eigenvalue weighted by molar-refractivity contribution is -0.120. The fraction of sp³-hybridized carbons (Fsp3) is 0.417. The highest BCUT2D eigenvalue weighted by molar-refractivity contribution is 14.1. The molecule has 0 aliphatic rings. The molecule has 5 nitrogen and oxygen atoms in total. The Hall–Kier alpha value is -2.23. The van der Waals surface area contributed by atoms with E-state index >= 15 is 0 Å². The van der Waals surface area contributed by atoms with Crippen LogP contribution in [0.2, 0.25) is 0 Å². The van der Waals surface area contributed by atoms with Crippen molar-refractivity contribution in [3.8, 4) is 0 Å². The van der Waals surface area contributed by atoms with Crippen molar-refractivity contribution in [3.05, 3.63) is 71.3 Å². The Labute approximate surface area is 201 Å². The quantitative estimate of drug-likeness (QED) is 0.332. The van der Waals surface area contributed by atoms with Gasteiger partial charge < -0.3 is 15.4 Å². The molecule has 174 valence electrons. The second-order valence-corrected chi connectivity index (χ2v) is 9.60. The predicted molar refractivity (Wildman–Crippen MR) is 129 cm³/mol. The lowest BCUT2D eigenvalue weighted by atomic mass is 9.71. The summed E-state index contributed by atoms with van der Waals surface area (Å²) in [7, 11) is 0. The third-order valence-electron chi connectivity index (χ3n) is 4.91. The highest BCUT2D eigenvalue weighted by Crippen LogP contribution is 2.37. The zero-order chi connectivity index (χ0) is 23.8. The number of carbonyl (C=O) groups is 2. The van der Waals surface area contributed by atoms with E-state index in [9.17, 15) is 18.4 Å². The average Bonchev–Trinajstić information content (AvgIpc) is 2.73. The van der Waals surface area contributed by atoms with Crippen molar-refractivity contribution < 1.29 is 23.1 Å². The Morgan fingerprint density at radius 2 is 1.41 bits per heavy atom. The van der Waals surface area contributed by atoms with Crippen molar-refractivity contribution in [2.45, 2.75) is 44.6 Å². The summed E-state index contributed by atoms with van der Waals surface area (Å²) in [6, 6.07) is 12.3. The van der Waals surface area contributed by atoms with Crippen LogP contribution in [0, 0.1) is 11.6 Å². The maximum Gasteiger partial charge on any atom is 0.408 e. The summed E-state index contributed by atoms with van der Waals surface area (Å²) >= 11 is 2.28. The van der Waals surface area contributed by atoms with Crippen LogP contribution >= 0.6 is 22.6 Å². The topological polar surface area (TPSA) is 67.4 Å². The molecule has 0 aromatic heterocycles. The molecule has 2 N–H and O–H groups in total. The van der Waals surface area contributed by atoms with Gasteiger partial charge in [0.05, 0.1) is 6.54 Å². The van der Waals surface area contributed by atoms with E-state index in [1.807, 2.05) is 0 Å². The normalized spacial score (nSPS) is 11.7. The van der Waals surface area contributed by atoms with Crippen LogP contribution in [0.1, 0.15) is 44.7 Å². The largest absolute Gasteiger partial charge is 0.444 e. The number of alkyl halides is 1. The van der Waals surface area contributed by atoms with Crippen LogP contribution in [0.5, 0.6) is 0 Å². The van der Waals surface area contributed by atoms with Crippen LogP contribution in [-0.2, 0) is 14.9 Å². The molecular formula is C24H29F2IN2O3. The number of hydrogen-bond acceptors (Lipinski definition) is 3. The highest BCUT2D eigenvalue weighted by atomic mass is 127. The van der Waals surface area contributed by atoms with E-state index in [2.05, 4.69) is 33.2 Å². The van der Waals surface area contributed by atoms with E-state index in [0.717, 1.165) is 22.0 Å². The maximum absolute atomic E-state index is 13.6. The van der Waals surface area contributed by atoms with Gasteiger partial charge in [0.1, 0.15) is 17.2 Å². The minimum absolute atomic E-state index is 0.204. The fourth-order valence-corrected chi connectivity index (χ4v) is 3.81. The van der Waals surface area contributed by atoms with Gasteiger partial charge in [0, 0.05) is 12.0 Å². The molecule has 32 heavy (non-hydrogen) atoms. The first-order chi connectivity index (χ1) is 15.1. The molecule has 2 aromatic rings. The summed E-state index contributed by atoms with van der Waals surface area (Å²) < 4.78 is 33.3. The number of halogens is 3. The van der Waals surface area contributed by atoms with Gasteiger partial charge >= 0.3 is 6.09 Å². The van der Waals surface area contributed by atoms with E-state index in [1.165, 1.54) is 24.3 Å². The standard InChI is InChI=1S/C24H29F2IN2O3/c1-23(2,3)32-22(31)28-15-21(30)29-16-24(13-4-14-27,17-5-9-19(25)10-6-17)18-7-11-20(26)12-8-18/h5-12H,4,13-16H2,1-3H3,(H,28,31)(H,29,30). The molecule has 0 bridgehead atoms. The summed E-state index contributed by atoms with van der Waals surface area (Å²) in [6.45, 7) is 5.17. The lowest BCUT2D eigenvalue weighted by Crippen LogP contribution is -2.45. The Morgan fingerprint density at radius 1 is 0.906 bits per heavy atom. The zero-order valence-corrected chi connectivity index (χ0v) is 20.7. The van der Waals surface area contributed by atoms with Crippen LogP contribution in [-0.4, -0.2) is 35.1 Å². The fourth-order valence-electron chi connectivity index (χ4n) is 3.43. The van der Waals surface area contributed by atoms with Crippen molar-refractivity contribution in [3.63, 3.8) is 0 Å². The highest BCUT2D eigenvalue weighted by Gasteiger charge is 2.34. The van der Waals surface area contributed by atoms with Gasteiger partial charge in [-0.05, 0) is 73.4 Å². The Bertz CT molecular complexity index is 851. The van der Waals surface area contributed by atoms with E-state index in [4.69, 9.17) is 4.74 Å². The summed E-state index contributed by atoms with van der Waals surface area (Å²) in [5.74, 6) is -1.11. The number of rotatable bonds is 9. The Morgan fingerprint density at radius 3 is 1.84 bits per heavy atom. The van der Waals surface area contributed by atoms with Gasteiger partial charge in [-0.2, -0.15) is 0 Å². The van der Waals surface area contributed by atoms with Crippen molar-refractivity contribution in [2.75, 3.05) is 17.5 Å². The first kappa shape index (κ1) is 26.0. The second-order valence-electron chi connectivity index (χ2n) is 8.52. The summed E-state index contributed by atoms with van der Waals surface area (Å²) in [5, 5.41) is 5.32. The van der Waals surface area contributed by atoms with Crippen LogP contribution in [0.25, 0.3) is 0 Å². The molecule has 2 rings (SSSR count). The average molecular weight is 558 g/mol. The second kappa shape index (κ2) is 11.6. The molecule has 0 saturated carbocycles. The van der Waals surface area contributed by atoms with E-state index in [-0.39, 0.29) is 30.6 Å². The summed E-state index contributed by atoms with van der Waals surface area (Å²) in [6.07, 6.45) is 0.815. The molecule has 0 radical (unpaired) electrons.